The number of nitrogens with one attached hydrogen (secondary N) is 2. The number of benzene rings is 2. The Morgan fingerprint density at radius 1 is 1.00 bits per heavy atom. The monoisotopic (exact) mass is 307 g/mol. The number of hydrogen-bond donors (Lipinski definition) is 2. The first kappa shape index (κ1) is 16.2. The molecule has 116 valence electrons. The summed E-state index contributed by atoms with van der Waals surface area (Å²) in [7, 11) is 0. The summed E-state index contributed by atoms with van der Waals surface area (Å²) in [5.41, 5.74) is 2.09. The first-order valence-corrected chi connectivity index (χ1v) is 7.28. The van der Waals surface area contributed by atoms with E-state index in [0.717, 1.165) is 5.56 Å². The maximum Gasteiger partial charge on any atom is 0.243 e. The Morgan fingerprint density at radius 3 is 2.52 bits per heavy atom. The molecule has 0 aliphatic heterocycles. The average molecular weight is 307 g/mol. The largest absolute Gasteiger partial charge is 0.347 e. The number of rotatable bonds is 6. The molecule has 5 nitrogen and oxygen atoms in total. The molecule has 0 atom stereocenters. The Hall–Kier alpha value is -3.13. The van der Waals surface area contributed by atoms with Gasteiger partial charge in [-0.2, -0.15) is 5.26 Å². The van der Waals surface area contributed by atoms with Crippen molar-refractivity contribution in [2.24, 2.45) is 0 Å². The van der Waals surface area contributed by atoms with Gasteiger partial charge in [0.25, 0.3) is 0 Å². The summed E-state index contributed by atoms with van der Waals surface area (Å²) in [6.07, 6.45) is 0.972. The number of nitriles is 1. The van der Waals surface area contributed by atoms with Crippen LogP contribution in [0.4, 0.5) is 5.69 Å². The molecule has 0 saturated heterocycles. The van der Waals surface area contributed by atoms with Gasteiger partial charge < -0.3 is 10.6 Å². The lowest BCUT2D eigenvalue weighted by molar-refractivity contribution is -0.124. The number of carbonyl (C=O) groups is 2. The minimum absolute atomic E-state index is 0.0929. The van der Waals surface area contributed by atoms with Gasteiger partial charge in [-0.3, -0.25) is 9.59 Å². The van der Waals surface area contributed by atoms with E-state index in [9.17, 15) is 9.59 Å². The Morgan fingerprint density at radius 2 is 1.78 bits per heavy atom. The van der Waals surface area contributed by atoms with Crippen molar-refractivity contribution in [2.45, 2.75) is 12.8 Å². The summed E-state index contributed by atoms with van der Waals surface area (Å²) in [5.74, 6) is -0.497. The highest BCUT2D eigenvalue weighted by molar-refractivity contribution is 5.94. The molecule has 0 aromatic heterocycles. The lowest BCUT2D eigenvalue weighted by atomic mass is 10.1. The van der Waals surface area contributed by atoms with Gasteiger partial charge in [-0.15, -0.1) is 0 Å². The Balaban J connectivity index is 1.73. The lowest BCUT2D eigenvalue weighted by Crippen LogP contribution is -2.32. The van der Waals surface area contributed by atoms with Crippen LogP contribution in [-0.4, -0.2) is 18.4 Å². The van der Waals surface area contributed by atoms with Gasteiger partial charge in [0.05, 0.1) is 18.2 Å². The number of carbonyl (C=O) groups excluding carboxylic acids is 2. The van der Waals surface area contributed by atoms with Crippen molar-refractivity contribution in [1.29, 1.82) is 5.26 Å². The summed E-state index contributed by atoms with van der Waals surface area (Å²) >= 11 is 0. The van der Waals surface area contributed by atoms with Gasteiger partial charge in [0.2, 0.25) is 11.8 Å². The van der Waals surface area contributed by atoms with Crippen LogP contribution in [0.2, 0.25) is 0 Å². The third-order valence-electron chi connectivity index (χ3n) is 3.21. The van der Waals surface area contributed by atoms with Crippen LogP contribution in [0.3, 0.4) is 0 Å². The van der Waals surface area contributed by atoms with Crippen molar-refractivity contribution in [3.63, 3.8) is 0 Å². The fraction of sp³-hybridized carbons (Fsp3) is 0.167. The smallest absolute Gasteiger partial charge is 0.243 e. The normalized spacial score (nSPS) is 9.70. The molecule has 2 N–H and O–H groups in total. The van der Waals surface area contributed by atoms with Crippen LogP contribution in [0.25, 0.3) is 0 Å². The van der Waals surface area contributed by atoms with Gasteiger partial charge in [-0.05, 0) is 30.2 Å². The van der Waals surface area contributed by atoms with Gasteiger partial charge >= 0.3 is 0 Å². The van der Waals surface area contributed by atoms with E-state index in [0.29, 0.717) is 24.1 Å². The van der Waals surface area contributed by atoms with Crippen molar-refractivity contribution < 1.29 is 9.59 Å². The molecule has 2 rings (SSSR count). The highest BCUT2D eigenvalue weighted by Gasteiger charge is 2.06. The van der Waals surface area contributed by atoms with Crippen LogP contribution in [0.1, 0.15) is 17.5 Å². The molecule has 2 amide bonds. The lowest BCUT2D eigenvalue weighted by Gasteiger charge is -2.07. The second-order valence-electron chi connectivity index (χ2n) is 5.00. The third-order valence-corrected chi connectivity index (χ3v) is 3.21. The minimum atomic E-state index is -0.326. The molecule has 0 bridgehead atoms. The highest BCUT2D eigenvalue weighted by atomic mass is 16.2. The van der Waals surface area contributed by atoms with E-state index in [-0.39, 0.29) is 18.4 Å². The second kappa shape index (κ2) is 8.35. The van der Waals surface area contributed by atoms with Crippen LogP contribution < -0.4 is 10.6 Å². The van der Waals surface area contributed by atoms with Crippen LogP contribution in [0.15, 0.2) is 54.6 Å². The van der Waals surface area contributed by atoms with Gasteiger partial charge in [-0.25, -0.2) is 0 Å². The molecule has 23 heavy (non-hydrogen) atoms. The maximum absolute atomic E-state index is 11.8. The Kier molecular flexibility index (Phi) is 5.89. The maximum atomic E-state index is 11.8. The van der Waals surface area contributed by atoms with Crippen LogP contribution >= 0.6 is 0 Å². The predicted molar refractivity (Wildman–Crippen MR) is 87.6 cm³/mol. The van der Waals surface area contributed by atoms with Crippen LogP contribution in [-0.2, 0) is 16.0 Å². The van der Waals surface area contributed by atoms with E-state index >= 15 is 0 Å². The third kappa shape index (κ3) is 5.64. The zero-order chi connectivity index (χ0) is 16.5. The van der Waals surface area contributed by atoms with Gasteiger partial charge in [0.15, 0.2) is 0 Å². The number of aryl methyl sites for hydroxylation is 1. The summed E-state index contributed by atoms with van der Waals surface area (Å²) in [6, 6.07) is 18.3. The molecule has 0 fully saturated rings. The molecule has 0 unspecified atom stereocenters. The van der Waals surface area contributed by atoms with Gasteiger partial charge in [0, 0.05) is 12.1 Å². The topological polar surface area (TPSA) is 82.0 Å². The molecule has 2 aromatic rings. The van der Waals surface area contributed by atoms with Crippen LogP contribution in [0.5, 0.6) is 0 Å². The first-order valence-electron chi connectivity index (χ1n) is 7.28. The molecular formula is C18H17N3O2. The number of anilines is 1. The zero-order valence-corrected chi connectivity index (χ0v) is 12.6. The summed E-state index contributed by atoms with van der Waals surface area (Å²) < 4.78 is 0. The quantitative estimate of drug-likeness (QED) is 0.858. The molecule has 0 radical (unpaired) electrons. The van der Waals surface area contributed by atoms with Crippen molar-refractivity contribution >= 4 is 17.5 Å². The molecular weight excluding hydrogens is 290 g/mol. The van der Waals surface area contributed by atoms with Crippen molar-refractivity contribution in [3.8, 4) is 6.07 Å². The van der Waals surface area contributed by atoms with Gasteiger partial charge in [0.1, 0.15) is 0 Å². The van der Waals surface area contributed by atoms with E-state index in [4.69, 9.17) is 5.26 Å². The molecule has 0 spiro atoms. The molecule has 2 aromatic carbocycles. The fourth-order valence-electron chi connectivity index (χ4n) is 2.04. The Bertz CT molecular complexity index is 721. The number of hydrogen-bond acceptors (Lipinski definition) is 3. The number of nitrogens with zero attached hydrogens (tertiary/aromatic N) is 1. The SMILES string of the molecule is N#Cc1cccc(NC(=O)CNC(=O)CCc2ccccc2)c1. The van der Waals surface area contributed by atoms with E-state index in [2.05, 4.69) is 10.6 Å². The standard InChI is InChI=1S/C18H17N3O2/c19-12-15-7-4-8-16(11-15)21-18(23)13-20-17(22)10-9-14-5-2-1-3-6-14/h1-8,11H,9-10,13H2,(H,20,22)(H,21,23). The molecule has 0 aliphatic carbocycles. The Labute approximate surface area is 134 Å². The first-order chi connectivity index (χ1) is 11.2. The van der Waals surface area contributed by atoms with Crippen molar-refractivity contribution in [2.75, 3.05) is 11.9 Å². The molecule has 0 saturated carbocycles. The predicted octanol–water partition coefficient (Wildman–Crippen LogP) is 2.25. The van der Waals surface area contributed by atoms with Crippen molar-refractivity contribution in [1.82, 2.24) is 5.32 Å². The minimum Gasteiger partial charge on any atom is -0.347 e. The van der Waals surface area contributed by atoms with E-state index < -0.39 is 0 Å². The summed E-state index contributed by atoms with van der Waals surface area (Å²) in [6.45, 7) is -0.0929. The van der Waals surface area contributed by atoms with Gasteiger partial charge in [-0.1, -0.05) is 36.4 Å². The summed E-state index contributed by atoms with van der Waals surface area (Å²) in [4.78, 5) is 23.5. The average Bonchev–Trinajstić information content (AvgIpc) is 2.59. The molecule has 0 heterocycles. The van der Waals surface area contributed by atoms with E-state index in [1.807, 2.05) is 36.4 Å². The summed E-state index contributed by atoms with van der Waals surface area (Å²) in [5, 5.41) is 14.0. The highest BCUT2D eigenvalue weighted by Crippen LogP contribution is 2.09. The van der Waals surface area contributed by atoms with Crippen molar-refractivity contribution in [3.05, 3.63) is 65.7 Å². The molecule has 0 aliphatic rings. The zero-order valence-electron chi connectivity index (χ0n) is 12.6. The number of amides is 2. The second-order valence-corrected chi connectivity index (χ2v) is 5.00. The van der Waals surface area contributed by atoms with Crippen LogP contribution in [0, 0.1) is 11.3 Å². The molecule has 5 heteroatoms. The van der Waals surface area contributed by atoms with E-state index in [1.54, 1.807) is 24.3 Å². The fourth-order valence-corrected chi connectivity index (χ4v) is 2.04. The van der Waals surface area contributed by atoms with E-state index in [1.165, 1.54) is 0 Å².